The third kappa shape index (κ3) is 4.34. The molecular formula is C22H19O5PS. The standard InChI is InChI=1S/C22H19O5PS/c1-2-14-29-28(24,26-16-8-4-3-5-9-16)27-17-12-13-21-19(15-17)22(23)18-10-6-7-11-20(18)25-21/h3-13,15H,2,14H2,1H3. The molecule has 0 radical (unpaired) electrons. The monoisotopic (exact) mass is 426 g/mol. The van der Waals surface area contributed by atoms with Gasteiger partial charge in [-0.25, -0.2) is 4.57 Å². The Morgan fingerprint density at radius 2 is 1.55 bits per heavy atom. The predicted octanol–water partition coefficient (Wildman–Crippen LogP) is 6.66. The van der Waals surface area contributed by atoms with Crippen LogP contribution < -0.4 is 14.5 Å². The lowest BCUT2D eigenvalue weighted by Gasteiger charge is -2.19. The molecule has 1 aromatic heterocycles. The molecule has 1 unspecified atom stereocenters. The van der Waals surface area contributed by atoms with Crippen molar-refractivity contribution >= 4 is 40.1 Å². The molecule has 0 aliphatic heterocycles. The number of hydrogen-bond donors (Lipinski definition) is 0. The Morgan fingerprint density at radius 1 is 0.862 bits per heavy atom. The zero-order chi connectivity index (χ0) is 20.3. The fraction of sp³-hybridized carbons (Fsp3) is 0.136. The van der Waals surface area contributed by atoms with E-state index in [1.807, 2.05) is 19.1 Å². The van der Waals surface area contributed by atoms with Crippen molar-refractivity contribution < 1.29 is 18.0 Å². The molecule has 4 rings (SSSR count). The van der Waals surface area contributed by atoms with Crippen molar-refractivity contribution in [2.75, 3.05) is 5.75 Å². The average Bonchev–Trinajstić information content (AvgIpc) is 2.74. The first kappa shape index (κ1) is 19.6. The molecule has 0 saturated heterocycles. The van der Waals surface area contributed by atoms with Crippen LogP contribution in [0.3, 0.4) is 0 Å². The highest BCUT2D eigenvalue weighted by atomic mass is 32.7. The quantitative estimate of drug-likeness (QED) is 0.243. The topological polar surface area (TPSA) is 65.7 Å². The Balaban J connectivity index is 1.71. The van der Waals surface area contributed by atoms with Crippen LogP contribution in [0.4, 0.5) is 0 Å². The molecule has 4 aromatic rings. The van der Waals surface area contributed by atoms with Gasteiger partial charge in [0, 0.05) is 5.75 Å². The molecule has 0 fully saturated rings. The summed E-state index contributed by atoms with van der Waals surface area (Å²) in [5.74, 6) is 1.37. The number of para-hydroxylation sites is 2. The molecule has 148 valence electrons. The van der Waals surface area contributed by atoms with E-state index in [-0.39, 0.29) is 5.43 Å². The molecule has 0 N–H and O–H groups in total. The Hall–Kier alpha value is -2.69. The third-order valence-electron chi connectivity index (χ3n) is 4.18. The summed E-state index contributed by atoms with van der Waals surface area (Å²) in [6.45, 7) is -1.54. The van der Waals surface area contributed by atoms with Crippen molar-refractivity contribution in [2.45, 2.75) is 13.3 Å². The van der Waals surface area contributed by atoms with Gasteiger partial charge in [0.25, 0.3) is 0 Å². The summed E-state index contributed by atoms with van der Waals surface area (Å²) in [6.07, 6.45) is 0.823. The minimum Gasteiger partial charge on any atom is -0.456 e. The number of benzene rings is 3. The van der Waals surface area contributed by atoms with E-state index >= 15 is 0 Å². The SMILES string of the molecule is CCCSP(=O)(Oc1ccccc1)Oc1ccc2oc3ccccc3c(=O)c2c1. The predicted molar refractivity (Wildman–Crippen MR) is 118 cm³/mol. The molecule has 1 heterocycles. The summed E-state index contributed by atoms with van der Waals surface area (Å²) in [4.78, 5) is 12.8. The minimum absolute atomic E-state index is 0.160. The summed E-state index contributed by atoms with van der Waals surface area (Å²) in [5, 5.41) is 0.856. The molecular weight excluding hydrogens is 407 g/mol. The van der Waals surface area contributed by atoms with Crippen LogP contribution in [0.5, 0.6) is 11.5 Å². The van der Waals surface area contributed by atoms with Crippen LogP contribution in [-0.4, -0.2) is 5.75 Å². The van der Waals surface area contributed by atoms with Gasteiger partial charge in [0.15, 0.2) is 0 Å². The smallest absolute Gasteiger partial charge is 0.456 e. The Bertz CT molecular complexity index is 1250. The van der Waals surface area contributed by atoms with Crippen molar-refractivity contribution in [1.82, 2.24) is 0 Å². The molecule has 5 nitrogen and oxygen atoms in total. The summed E-state index contributed by atoms with van der Waals surface area (Å²) < 4.78 is 30.7. The fourth-order valence-corrected chi connectivity index (χ4v) is 6.20. The van der Waals surface area contributed by atoms with Crippen molar-refractivity contribution in [3.8, 4) is 11.5 Å². The van der Waals surface area contributed by atoms with Crippen LogP contribution >= 0.6 is 18.2 Å². The van der Waals surface area contributed by atoms with Crippen molar-refractivity contribution in [2.24, 2.45) is 0 Å². The van der Waals surface area contributed by atoms with E-state index in [1.54, 1.807) is 60.7 Å². The molecule has 3 aromatic carbocycles. The second kappa shape index (κ2) is 8.36. The normalized spacial score (nSPS) is 13.3. The lowest BCUT2D eigenvalue weighted by Crippen LogP contribution is -2.03. The Labute approximate surface area is 171 Å². The van der Waals surface area contributed by atoms with Gasteiger partial charge < -0.3 is 13.5 Å². The van der Waals surface area contributed by atoms with Crippen molar-refractivity contribution in [1.29, 1.82) is 0 Å². The van der Waals surface area contributed by atoms with Crippen molar-refractivity contribution in [3.05, 3.63) is 83.0 Å². The molecule has 0 bridgehead atoms. The van der Waals surface area contributed by atoms with Gasteiger partial charge in [-0.3, -0.25) is 4.79 Å². The lowest BCUT2D eigenvalue weighted by atomic mass is 10.1. The lowest BCUT2D eigenvalue weighted by molar-refractivity contribution is 0.408. The zero-order valence-electron chi connectivity index (χ0n) is 15.7. The van der Waals surface area contributed by atoms with E-state index in [1.165, 1.54) is 0 Å². The van der Waals surface area contributed by atoms with Gasteiger partial charge in [-0.05, 0) is 60.3 Å². The zero-order valence-corrected chi connectivity index (χ0v) is 17.5. The van der Waals surface area contributed by atoms with Crippen LogP contribution in [0.1, 0.15) is 13.3 Å². The fourth-order valence-electron chi connectivity index (χ4n) is 2.85. The van der Waals surface area contributed by atoms with Gasteiger partial charge in [0.1, 0.15) is 22.7 Å². The molecule has 0 amide bonds. The highest BCUT2D eigenvalue weighted by Gasteiger charge is 2.29. The number of fused-ring (bicyclic) bond motifs is 2. The number of hydrogen-bond acceptors (Lipinski definition) is 6. The summed E-state index contributed by atoms with van der Waals surface area (Å²) in [6, 6.07) is 20.8. The van der Waals surface area contributed by atoms with Crippen LogP contribution in [0, 0.1) is 0 Å². The minimum atomic E-state index is -3.54. The van der Waals surface area contributed by atoms with Gasteiger partial charge >= 0.3 is 6.80 Å². The van der Waals surface area contributed by atoms with Crippen LogP contribution in [0.25, 0.3) is 21.9 Å². The Morgan fingerprint density at radius 3 is 2.34 bits per heavy atom. The largest absolute Gasteiger partial charge is 0.492 e. The van der Waals surface area contributed by atoms with Gasteiger partial charge in [-0.1, -0.05) is 37.3 Å². The maximum atomic E-state index is 13.4. The van der Waals surface area contributed by atoms with Gasteiger partial charge in [0.05, 0.1) is 10.8 Å². The maximum absolute atomic E-state index is 13.4. The van der Waals surface area contributed by atoms with E-state index in [0.29, 0.717) is 39.2 Å². The molecule has 0 aliphatic carbocycles. The number of rotatable bonds is 7. The van der Waals surface area contributed by atoms with Gasteiger partial charge in [-0.15, -0.1) is 0 Å². The van der Waals surface area contributed by atoms with E-state index in [4.69, 9.17) is 13.5 Å². The van der Waals surface area contributed by atoms with Crippen LogP contribution in [0.15, 0.2) is 82.0 Å². The van der Waals surface area contributed by atoms with Gasteiger partial charge in [-0.2, -0.15) is 0 Å². The van der Waals surface area contributed by atoms with Crippen LogP contribution in [0.2, 0.25) is 0 Å². The summed E-state index contributed by atoms with van der Waals surface area (Å²) in [7, 11) is 0. The first-order valence-electron chi connectivity index (χ1n) is 9.22. The summed E-state index contributed by atoms with van der Waals surface area (Å²) in [5.41, 5.74) is 0.809. The van der Waals surface area contributed by atoms with Gasteiger partial charge in [0.2, 0.25) is 5.43 Å². The molecule has 7 heteroatoms. The maximum Gasteiger partial charge on any atom is 0.492 e. The first-order valence-corrected chi connectivity index (χ1v) is 12.4. The second-order valence-electron chi connectivity index (χ2n) is 6.36. The molecule has 0 spiro atoms. The molecule has 0 aliphatic rings. The summed E-state index contributed by atoms with van der Waals surface area (Å²) >= 11 is 1.14. The first-order chi connectivity index (χ1) is 14.1. The van der Waals surface area contributed by atoms with Crippen LogP contribution in [-0.2, 0) is 4.57 Å². The highest BCUT2D eigenvalue weighted by molar-refractivity contribution is 8.55. The van der Waals surface area contributed by atoms with E-state index in [0.717, 1.165) is 17.8 Å². The molecule has 29 heavy (non-hydrogen) atoms. The van der Waals surface area contributed by atoms with Crippen molar-refractivity contribution in [3.63, 3.8) is 0 Å². The molecule has 1 atom stereocenters. The second-order valence-corrected chi connectivity index (χ2v) is 10.4. The average molecular weight is 426 g/mol. The van der Waals surface area contributed by atoms with E-state index in [9.17, 15) is 9.36 Å². The highest BCUT2D eigenvalue weighted by Crippen LogP contribution is 2.59. The van der Waals surface area contributed by atoms with E-state index in [2.05, 4.69) is 0 Å². The third-order valence-corrected chi connectivity index (χ3v) is 7.90. The molecule has 0 saturated carbocycles. The Kier molecular flexibility index (Phi) is 5.65. The van der Waals surface area contributed by atoms with E-state index < -0.39 is 6.80 Å².